The van der Waals surface area contributed by atoms with Crippen molar-refractivity contribution in [3.63, 3.8) is 0 Å². The van der Waals surface area contributed by atoms with Crippen LogP contribution in [-0.4, -0.2) is 11.1 Å². The number of anilines is 1. The summed E-state index contributed by atoms with van der Waals surface area (Å²) in [6.07, 6.45) is 0.210. The Hall–Kier alpha value is -2.95. The van der Waals surface area contributed by atoms with E-state index in [1.165, 1.54) is 12.1 Å². The fourth-order valence-corrected chi connectivity index (χ4v) is 2.54. The number of carbonyl (C=O) groups excluding carboxylic acids is 1. The van der Waals surface area contributed by atoms with Crippen LogP contribution in [0.2, 0.25) is 0 Å². The summed E-state index contributed by atoms with van der Waals surface area (Å²) < 4.78 is 18.1. The Balaban J connectivity index is 1.75. The van der Waals surface area contributed by atoms with Crippen LogP contribution < -0.4 is 5.32 Å². The zero-order valence-corrected chi connectivity index (χ0v) is 13.5. The van der Waals surface area contributed by atoms with E-state index in [4.69, 9.17) is 4.52 Å². The van der Waals surface area contributed by atoms with Crippen LogP contribution in [0.3, 0.4) is 0 Å². The molecule has 0 saturated heterocycles. The van der Waals surface area contributed by atoms with Crippen LogP contribution in [0.1, 0.15) is 17.0 Å². The summed E-state index contributed by atoms with van der Waals surface area (Å²) in [7, 11) is 0. The number of rotatable bonds is 4. The van der Waals surface area contributed by atoms with Gasteiger partial charge < -0.3 is 9.84 Å². The zero-order chi connectivity index (χ0) is 17.1. The Morgan fingerprint density at radius 3 is 2.54 bits per heavy atom. The first-order valence-electron chi connectivity index (χ1n) is 7.60. The molecule has 1 amide bonds. The molecule has 0 aliphatic rings. The topological polar surface area (TPSA) is 55.1 Å². The Bertz CT molecular complexity index is 850. The molecule has 0 bridgehead atoms. The molecule has 1 N–H and O–H groups in total. The number of nitrogens with one attached hydrogen (secondary N) is 1. The molecule has 3 rings (SSSR count). The van der Waals surface area contributed by atoms with Gasteiger partial charge >= 0.3 is 0 Å². The minimum absolute atomic E-state index is 0.138. The Morgan fingerprint density at radius 1 is 1.12 bits per heavy atom. The molecule has 0 unspecified atom stereocenters. The second-order valence-electron chi connectivity index (χ2n) is 5.62. The first-order valence-corrected chi connectivity index (χ1v) is 7.60. The predicted octanol–water partition coefficient (Wildman–Crippen LogP) is 4.28. The van der Waals surface area contributed by atoms with Crippen LogP contribution in [0.15, 0.2) is 53.1 Å². The van der Waals surface area contributed by atoms with E-state index in [1.807, 2.05) is 31.2 Å². The fraction of sp³-hybridized carbons (Fsp3) is 0.158. The molecule has 1 heterocycles. The van der Waals surface area contributed by atoms with Crippen molar-refractivity contribution in [2.24, 2.45) is 0 Å². The Morgan fingerprint density at radius 2 is 1.88 bits per heavy atom. The van der Waals surface area contributed by atoms with Crippen molar-refractivity contribution in [3.8, 4) is 11.1 Å². The molecular formula is C19H17FN2O2. The van der Waals surface area contributed by atoms with Gasteiger partial charge in [-0.25, -0.2) is 4.39 Å². The maximum absolute atomic E-state index is 13.0. The van der Waals surface area contributed by atoms with Crippen LogP contribution in [-0.2, 0) is 11.2 Å². The third-order valence-corrected chi connectivity index (χ3v) is 3.84. The minimum atomic E-state index is -0.275. The molecule has 3 aromatic rings. The number of halogens is 1. The fourth-order valence-electron chi connectivity index (χ4n) is 2.54. The van der Waals surface area contributed by atoms with E-state index in [-0.39, 0.29) is 18.1 Å². The highest BCUT2D eigenvalue weighted by Gasteiger charge is 2.13. The molecule has 5 heteroatoms. The van der Waals surface area contributed by atoms with Crippen molar-refractivity contribution in [2.75, 3.05) is 5.32 Å². The molecule has 0 aliphatic carbocycles. The van der Waals surface area contributed by atoms with Crippen molar-refractivity contribution >= 4 is 11.6 Å². The van der Waals surface area contributed by atoms with Crippen molar-refractivity contribution in [3.05, 3.63) is 71.4 Å². The minimum Gasteiger partial charge on any atom is -0.361 e. The normalized spacial score (nSPS) is 10.6. The van der Waals surface area contributed by atoms with Gasteiger partial charge in [0.05, 0.1) is 12.1 Å². The average molecular weight is 324 g/mol. The predicted molar refractivity (Wildman–Crippen MR) is 90.1 cm³/mol. The van der Waals surface area contributed by atoms with Gasteiger partial charge in [-0.15, -0.1) is 0 Å². The lowest BCUT2D eigenvalue weighted by molar-refractivity contribution is -0.115. The van der Waals surface area contributed by atoms with E-state index < -0.39 is 0 Å². The smallest absolute Gasteiger partial charge is 0.228 e. The second kappa shape index (κ2) is 6.66. The maximum Gasteiger partial charge on any atom is 0.228 e. The molecule has 0 fully saturated rings. The lowest BCUT2D eigenvalue weighted by atomic mass is 10.0. The molecule has 0 saturated carbocycles. The molecular weight excluding hydrogens is 307 g/mol. The molecule has 0 radical (unpaired) electrons. The van der Waals surface area contributed by atoms with E-state index in [2.05, 4.69) is 10.5 Å². The van der Waals surface area contributed by atoms with Gasteiger partial charge in [-0.2, -0.15) is 0 Å². The molecule has 122 valence electrons. The van der Waals surface area contributed by atoms with Gasteiger partial charge in [-0.3, -0.25) is 4.79 Å². The summed E-state index contributed by atoms with van der Waals surface area (Å²) in [5.41, 5.74) is 4.02. The summed E-state index contributed by atoms with van der Waals surface area (Å²) in [4.78, 5) is 12.2. The highest BCUT2D eigenvalue weighted by atomic mass is 19.1. The number of aryl methyl sites for hydroxylation is 2. The highest BCUT2D eigenvalue weighted by Crippen LogP contribution is 2.23. The summed E-state index contributed by atoms with van der Waals surface area (Å²) in [5, 5.41) is 6.73. The quantitative estimate of drug-likeness (QED) is 0.779. The van der Waals surface area contributed by atoms with Gasteiger partial charge in [0.2, 0.25) is 5.91 Å². The van der Waals surface area contributed by atoms with Gasteiger partial charge in [0.25, 0.3) is 0 Å². The summed E-state index contributed by atoms with van der Waals surface area (Å²) in [5.74, 6) is 0.242. The number of nitrogens with zero attached hydrogens (tertiary/aromatic N) is 1. The lowest BCUT2D eigenvalue weighted by Crippen LogP contribution is -2.15. The summed E-state index contributed by atoms with van der Waals surface area (Å²) >= 11 is 0. The van der Waals surface area contributed by atoms with Crippen molar-refractivity contribution in [1.82, 2.24) is 5.16 Å². The largest absolute Gasteiger partial charge is 0.361 e. The van der Waals surface area contributed by atoms with Gasteiger partial charge in [0.1, 0.15) is 11.6 Å². The number of carbonyl (C=O) groups is 1. The van der Waals surface area contributed by atoms with Crippen LogP contribution in [0.4, 0.5) is 10.1 Å². The standard InChI is InChI=1S/C19H17FN2O2/c1-12-18(13(2)24-22-12)11-19(23)21-17-5-3-4-15(10-17)14-6-8-16(20)9-7-14/h3-10H,11H2,1-2H3,(H,21,23). The van der Waals surface area contributed by atoms with E-state index in [0.717, 1.165) is 22.4 Å². The first kappa shape index (κ1) is 15.9. The van der Waals surface area contributed by atoms with Crippen molar-refractivity contribution < 1.29 is 13.7 Å². The molecule has 0 aliphatic heterocycles. The van der Waals surface area contributed by atoms with Crippen LogP contribution in [0.25, 0.3) is 11.1 Å². The van der Waals surface area contributed by atoms with Gasteiger partial charge in [-0.05, 0) is 49.2 Å². The van der Waals surface area contributed by atoms with Gasteiger partial charge in [-0.1, -0.05) is 29.4 Å². The SMILES string of the molecule is Cc1noc(C)c1CC(=O)Nc1cccc(-c2ccc(F)cc2)c1. The third kappa shape index (κ3) is 3.51. The lowest BCUT2D eigenvalue weighted by Gasteiger charge is -2.08. The summed E-state index contributed by atoms with van der Waals surface area (Å²) in [6.45, 7) is 3.60. The molecule has 0 spiro atoms. The highest BCUT2D eigenvalue weighted by molar-refractivity contribution is 5.93. The Kier molecular flexibility index (Phi) is 4.42. The molecule has 1 aromatic heterocycles. The van der Waals surface area contributed by atoms with Crippen molar-refractivity contribution in [2.45, 2.75) is 20.3 Å². The maximum atomic E-state index is 13.0. The average Bonchev–Trinajstić information content (AvgIpc) is 2.88. The second-order valence-corrected chi connectivity index (χ2v) is 5.62. The van der Waals surface area contributed by atoms with Gasteiger partial charge in [0.15, 0.2) is 0 Å². The van der Waals surface area contributed by atoms with Crippen LogP contribution in [0.5, 0.6) is 0 Å². The molecule has 2 aromatic carbocycles. The molecule has 4 nitrogen and oxygen atoms in total. The zero-order valence-electron chi connectivity index (χ0n) is 13.5. The van der Waals surface area contributed by atoms with Crippen molar-refractivity contribution in [1.29, 1.82) is 0 Å². The van der Waals surface area contributed by atoms with Crippen LogP contribution >= 0.6 is 0 Å². The van der Waals surface area contributed by atoms with E-state index in [9.17, 15) is 9.18 Å². The van der Waals surface area contributed by atoms with E-state index in [0.29, 0.717) is 11.4 Å². The van der Waals surface area contributed by atoms with Gasteiger partial charge in [0, 0.05) is 11.3 Å². The Labute approximate surface area is 139 Å². The third-order valence-electron chi connectivity index (χ3n) is 3.84. The van der Waals surface area contributed by atoms with E-state index >= 15 is 0 Å². The monoisotopic (exact) mass is 324 g/mol. The number of aromatic nitrogens is 1. The van der Waals surface area contributed by atoms with Crippen LogP contribution in [0, 0.1) is 19.7 Å². The first-order chi connectivity index (χ1) is 11.5. The number of amides is 1. The molecule has 0 atom stereocenters. The summed E-state index contributed by atoms with van der Waals surface area (Å²) in [6, 6.07) is 13.7. The van der Waals surface area contributed by atoms with E-state index in [1.54, 1.807) is 19.1 Å². The number of benzene rings is 2. The number of hydrogen-bond acceptors (Lipinski definition) is 3. The number of hydrogen-bond donors (Lipinski definition) is 1. The molecule has 24 heavy (non-hydrogen) atoms.